The van der Waals surface area contributed by atoms with E-state index in [0.29, 0.717) is 36.0 Å². The normalized spacial score (nSPS) is 21.0. The molecule has 0 radical (unpaired) electrons. The summed E-state index contributed by atoms with van der Waals surface area (Å²) in [7, 11) is 1.49. The Kier molecular flexibility index (Phi) is 4.31. The second-order valence-electron chi connectivity index (χ2n) is 7.85. The zero-order chi connectivity index (χ0) is 21.0. The highest BCUT2D eigenvalue weighted by Gasteiger charge is 2.49. The Balaban J connectivity index is 1.30. The third-order valence-corrected chi connectivity index (χ3v) is 5.89. The number of H-pyrrole nitrogens is 1. The van der Waals surface area contributed by atoms with E-state index < -0.39 is 11.9 Å². The van der Waals surface area contributed by atoms with E-state index in [1.165, 1.54) is 7.05 Å². The maximum atomic E-state index is 14.6. The third-order valence-electron chi connectivity index (χ3n) is 5.89. The minimum Gasteiger partial charge on any atom is -0.362 e. The van der Waals surface area contributed by atoms with Gasteiger partial charge in [0.1, 0.15) is 11.3 Å². The van der Waals surface area contributed by atoms with Crippen LogP contribution in [0.2, 0.25) is 0 Å². The first-order chi connectivity index (χ1) is 14.4. The van der Waals surface area contributed by atoms with Crippen molar-refractivity contribution in [2.24, 2.45) is 0 Å². The first-order valence-corrected chi connectivity index (χ1v) is 9.92. The molecular formula is C20H22FN7O2. The number of rotatable bonds is 4. The first-order valence-electron chi connectivity index (χ1n) is 9.92. The van der Waals surface area contributed by atoms with E-state index in [-0.39, 0.29) is 17.3 Å². The molecule has 4 heterocycles. The lowest BCUT2D eigenvalue weighted by Gasteiger charge is -2.35. The molecular weight excluding hydrogens is 389 g/mol. The number of carbonyl (C=O) groups excluding carboxylic acids is 1. The zero-order valence-electron chi connectivity index (χ0n) is 16.7. The molecule has 30 heavy (non-hydrogen) atoms. The number of aryl methyl sites for hydroxylation is 1. The number of aromatic nitrogens is 4. The van der Waals surface area contributed by atoms with Crippen LogP contribution in [0.5, 0.6) is 0 Å². The van der Waals surface area contributed by atoms with Crippen LogP contribution in [0.1, 0.15) is 28.2 Å². The average Bonchev–Trinajstić information content (AvgIpc) is 3.45. The SMILES string of the molecule is CNC(=O)c1ccc(N2CCN(Cc3cc4[nH]c(=O)c(C)cn4n3)C3CC32)c(F)n1. The summed E-state index contributed by atoms with van der Waals surface area (Å²) in [5.41, 5.74) is 2.59. The molecule has 5 rings (SSSR count). The number of hydrogen-bond donors (Lipinski definition) is 2. The van der Waals surface area contributed by atoms with Crippen LogP contribution in [0.25, 0.3) is 5.65 Å². The van der Waals surface area contributed by atoms with E-state index in [9.17, 15) is 14.0 Å². The molecule has 10 heteroatoms. The Morgan fingerprint density at radius 2 is 2.17 bits per heavy atom. The molecule has 3 aromatic rings. The first kappa shape index (κ1) is 18.7. The third kappa shape index (κ3) is 3.13. The van der Waals surface area contributed by atoms with Crippen molar-refractivity contribution in [2.75, 3.05) is 25.0 Å². The Morgan fingerprint density at radius 1 is 1.33 bits per heavy atom. The fourth-order valence-corrected chi connectivity index (χ4v) is 4.23. The van der Waals surface area contributed by atoms with Gasteiger partial charge in [-0.25, -0.2) is 9.50 Å². The summed E-state index contributed by atoms with van der Waals surface area (Å²) in [6, 6.07) is 5.63. The van der Waals surface area contributed by atoms with E-state index in [0.717, 1.165) is 18.7 Å². The van der Waals surface area contributed by atoms with Crippen molar-refractivity contribution in [3.8, 4) is 0 Å². The van der Waals surface area contributed by atoms with Gasteiger partial charge in [-0.1, -0.05) is 0 Å². The molecule has 0 spiro atoms. The minimum atomic E-state index is -0.616. The van der Waals surface area contributed by atoms with Gasteiger partial charge < -0.3 is 15.2 Å². The fourth-order valence-electron chi connectivity index (χ4n) is 4.23. The van der Waals surface area contributed by atoms with Gasteiger partial charge >= 0.3 is 0 Å². The number of anilines is 1. The van der Waals surface area contributed by atoms with Crippen molar-refractivity contribution < 1.29 is 9.18 Å². The van der Waals surface area contributed by atoms with Gasteiger partial charge in [-0.15, -0.1) is 0 Å². The van der Waals surface area contributed by atoms with Crippen molar-refractivity contribution in [1.82, 2.24) is 29.8 Å². The van der Waals surface area contributed by atoms with E-state index in [1.807, 2.05) is 11.0 Å². The van der Waals surface area contributed by atoms with E-state index >= 15 is 0 Å². The topological polar surface area (TPSA) is 98.6 Å². The van der Waals surface area contributed by atoms with Gasteiger partial charge in [-0.05, 0) is 25.5 Å². The lowest BCUT2D eigenvalue weighted by atomic mass is 10.2. The van der Waals surface area contributed by atoms with Crippen LogP contribution < -0.4 is 15.8 Å². The summed E-state index contributed by atoms with van der Waals surface area (Å²) >= 11 is 0. The largest absolute Gasteiger partial charge is 0.362 e. The lowest BCUT2D eigenvalue weighted by Crippen LogP contribution is -2.46. The molecule has 2 atom stereocenters. The summed E-state index contributed by atoms with van der Waals surface area (Å²) in [6.07, 6.45) is 2.67. The maximum absolute atomic E-state index is 14.6. The van der Waals surface area contributed by atoms with Crippen LogP contribution >= 0.6 is 0 Å². The Hall–Kier alpha value is -3.27. The number of piperazine rings is 1. The Labute approximate surface area is 171 Å². The maximum Gasteiger partial charge on any atom is 0.269 e. The second-order valence-corrected chi connectivity index (χ2v) is 7.85. The molecule has 1 aliphatic heterocycles. The molecule has 9 nitrogen and oxygen atoms in total. The van der Waals surface area contributed by atoms with Gasteiger partial charge in [0.2, 0.25) is 5.95 Å². The second kappa shape index (κ2) is 6.91. The summed E-state index contributed by atoms with van der Waals surface area (Å²) in [5.74, 6) is -1.02. The average molecular weight is 411 g/mol. The van der Waals surface area contributed by atoms with E-state index in [2.05, 4.69) is 25.3 Å². The van der Waals surface area contributed by atoms with Crippen LogP contribution in [0.4, 0.5) is 10.1 Å². The molecule has 1 saturated carbocycles. The van der Waals surface area contributed by atoms with Gasteiger partial charge in [-0.2, -0.15) is 9.49 Å². The van der Waals surface area contributed by atoms with Gasteiger partial charge in [0.25, 0.3) is 11.5 Å². The van der Waals surface area contributed by atoms with Crippen molar-refractivity contribution in [3.63, 3.8) is 0 Å². The molecule has 1 saturated heterocycles. The van der Waals surface area contributed by atoms with Crippen molar-refractivity contribution in [3.05, 3.63) is 57.6 Å². The molecule has 1 aliphatic carbocycles. The highest BCUT2D eigenvalue weighted by molar-refractivity contribution is 5.92. The summed E-state index contributed by atoms with van der Waals surface area (Å²) in [4.78, 5) is 34.5. The molecule has 2 N–H and O–H groups in total. The van der Waals surface area contributed by atoms with Crippen LogP contribution in [-0.2, 0) is 6.54 Å². The standard InChI is InChI=1S/C20H22FN7O2/c1-11-9-28-17(24-19(11)29)7-12(25-28)10-26-5-6-27(16-8-15(16)26)14-4-3-13(20(30)22-2)23-18(14)21/h3-4,7,9,15-16H,5-6,8,10H2,1-2H3,(H,22,30)(H,24,29). The zero-order valence-corrected chi connectivity index (χ0v) is 16.7. The Bertz CT molecular complexity index is 1200. The van der Waals surface area contributed by atoms with Crippen LogP contribution in [0.3, 0.4) is 0 Å². The lowest BCUT2D eigenvalue weighted by molar-refractivity contribution is 0.0957. The molecule has 3 aromatic heterocycles. The molecule has 2 fully saturated rings. The van der Waals surface area contributed by atoms with Crippen LogP contribution in [0, 0.1) is 12.9 Å². The van der Waals surface area contributed by atoms with E-state index in [4.69, 9.17) is 0 Å². The monoisotopic (exact) mass is 411 g/mol. The van der Waals surface area contributed by atoms with Gasteiger partial charge in [0.15, 0.2) is 0 Å². The number of nitrogens with one attached hydrogen (secondary N) is 2. The molecule has 1 amide bonds. The van der Waals surface area contributed by atoms with Crippen LogP contribution in [-0.4, -0.2) is 62.6 Å². The van der Waals surface area contributed by atoms with E-state index in [1.54, 1.807) is 29.8 Å². The smallest absolute Gasteiger partial charge is 0.269 e. The molecule has 0 aromatic carbocycles. The van der Waals surface area contributed by atoms with Gasteiger partial charge in [-0.3, -0.25) is 14.5 Å². The number of pyridine rings is 1. The highest BCUT2D eigenvalue weighted by Crippen LogP contribution is 2.40. The number of carbonyl (C=O) groups is 1. The minimum absolute atomic E-state index is 0.0739. The predicted molar refractivity (Wildman–Crippen MR) is 108 cm³/mol. The predicted octanol–water partition coefficient (Wildman–Crippen LogP) is 0.688. The summed E-state index contributed by atoms with van der Waals surface area (Å²) in [5, 5.41) is 7.02. The van der Waals surface area contributed by atoms with Crippen molar-refractivity contribution in [2.45, 2.75) is 32.0 Å². The highest BCUT2D eigenvalue weighted by atomic mass is 19.1. The number of amides is 1. The number of fused-ring (bicyclic) bond motifs is 2. The van der Waals surface area contributed by atoms with Crippen molar-refractivity contribution >= 4 is 17.2 Å². The van der Waals surface area contributed by atoms with Gasteiger partial charge in [0.05, 0.1) is 11.4 Å². The van der Waals surface area contributed by atoms with Crippen molar-refractivity contribution in [1.29, 1.82) is 0 Å². The summed E-state index contributed by atoms with van der Waals surface area (Å²) in [6.45, 7) is 3.86. The molecule has 156 valence electrons. The number of halogens is 1. The number of hydrogen-bond acceptors (Lipinski definition) is 6. The van der Waals surface area contributed by atoms with Crippen LogP contribution in [0.15, 0.2) is 29.2 Å². The molecule has 2 unspecified atom stereocenters. The fraction of sp³-hybridized carbons (Fsp3) is 0.400. The number of aromatic amines is 1. The van der Waals surface area contributed by atoms with Gasteiger partial charge in [0, 0.05) is 56.6 Å². The molecule has 0 bridgehead atoms. The summed E-state index contributed by atoms with van der Waals surface area (Å²) < 4.78 is 16.3. The molecule has 2 aliphatic rings. The number of nitrogens with zero attached hydrogens (tertiary/aromatic N) is 5. The quantitative estimate of drug-likeness (QED) is 0.613. The Morgan fingerprint density at radius 3 is 2.93 bits per heavy atom.